The van der Waals surface area contributed by atoms with E-state index in [-0.39, 0.29) is 5.41 Å². The highest BCUT2D eigenvalue weighted by Crippen LogP contribution is 2.53. The summed E-state index contributed by atoms with van der Waals surface area (Å²) in [6, 6.07) is 158. The predicted octanol–water partition coefficient (Wildman–Crippen LogP) is 35.6. The molecule has 0 bridgehead atoms. The molecule has 0 radical (unpaired) electrons. The average molecular weight is 1890 g/mol. The van der Waals surface area contributed by atoms with Crippen molar-refractivity contribution in [1.29, 1.82) is 0 Å². The van der Waals surface area contributed by atoms with E-state index in [1.165, 1.54) is 135 Å². The van der Waals surface area contributed by atoms with Gasteiger partial charge in [0.05, 0.1) is 38.8 Å². The molecule has 147 heavy (non-hydrogen) atoms. The second-order valence-corrected chi connectivity index (χ2v) is 40.2. The van der Waals surface area contributed by atoms with Gasteiger partial charge in [-0.15, -0.1) is 11.3 Å². The Hall–Kier alpha value is -19.2. The van der Waals surface area contributed by atoms with Crippen LogP contribution >= 0.6 is 11.3 Å². The van der Waals surface area contributed by atoms with Crippen LogP contribution in [0, 0.1) is 0 Å². The number of nitrogens with zero attached hydrogens (tertiary/aromatic N) is 10. The summed E-state index contributed by atoms with van der Waals surface area (Å²) in [7, 11) is 0. The van der Waals surface area contributed by atoms with Gasteiger partial charge in [0, 0.05) is 75.9 Å². The Morgan fingerprint density at radius 2 is 0.633 bits per heavy atom. The first-order chi connectivity index (χ1) is 72.6. The Bertz CT molecular complexity index is 11200. The highest BCUT2D eigenvalue weighted by Gasteiger charge is 2.36. The minimum absolute atomic E-state index is 0.0728. The second kappa shape index (κ2) is 31.9. The van der Waals surface area contributed by atoms with Gasteiger partial charge in [0.1, 0.15) is 49.6 Å². The summed E-state index contributed by atoms with van der Waals surface area (Å²) in [5.41, 5.74) is 24.2. The molecule has 684 valence electrons. The highest BCUT2D eigenvalue weighted by molar-refractivity contribution is 7.25. The van der Waals surface area contributed by atoms with Gasteiger partial charge in [-0.05, 0) is 240 Å². The smallest absolute Gasteiger partial charge is 0.248 e. The van der Waals surface area contributed by atoms with Gasteiger partial charge in [-0.2, -0.15) is 4.98 Å². The van der Waals surface area contributed by atoms with Crippen LogP contribution in [-0.2, 0) is 5.41 Å². The van der Waals surface area contributed by atoms with Gasteiger partial charge in [0.15, 0.2) is 17.5 Å². The van der Waals surface area contributed by atoms with Crippen molar-refractivity contribution in [3.8, 4) is 73.6 Å². The first kappa shape index (κ1) is 82.5. The standard InChI is InChI=1S/C46H30N4O.C44H25N3O.C44H25N3S/c1-46(2)36-15-7-5-13-31(36)32-20-18-29(24-37(32)46)30-19-21-34-41(26-30)51-45-42(34)48-43(38-16-9-10-22-47-38)44(49-45)50-39-17-8-6-14-33(39)35-23-27-11-3-4-12-28(27)25-40(35)50;1-2-13-27-25-38-36(24-26(27)12-1)31-17-7-9-22-37(31)47(38)43-41(46-44-42(45-43)34-19-8-10-23-39(34)48-44)35-21-11-20-33-30-15-4-3-14-28(30)29-16-5-6-18-32(29)40(33)35;1-2-12-27-25-39-37(23-26(27)11-1)34-17-7-9-19-38(34)47(39)43-41(46-44-42(45-43)35-18-8-10-20-40(35)48-44)28-21-22-33-31-15-4-3-13-29(31)30-14-5-6-16-32(30)36(33)24-28/h3-26H,1-2H3;2*1-25H. The first-order valence-corrected chi connectivity index (χ1v) is 50.7. The maximum atomic E-state index is 6.62. The number of aromatic nitrogens is 10. The van der Waals surface area contributed by atoms with Crippen LogP contribution in [0.2, 0.25) is 0 Å². The zero-order chi connectivity index (χ0) is 96.5. The third kappa shape index (κ3) is 12.5. The number of furan rings is 2. The molecule has 13 heteroatoms. The summed E-state index contributed by atoms with van der Waals surface area (Å²) in [5.74, 6) is 2.31. The van der Waals surface area contributed by atoms with Crippen molar-refractivity contribution in [1.82, 2.24) is 48.6 Å². The molecular formula is C134H80N10O2S. The Balaban J connectivity index is 0.0000001000. The van der Waals surface area contributed by atoms with Crippen LogP contribution in [0.25, 0.3) is 301 Å². The van der Waals surface area contributed by atoms with E-state index < -0.39 is 0 Å². The Kier molecular flexibility index (Phi) is 17.9. The minimum Gasteiger partial charge on any atom is -0.436 e. The van der Waals surface area contributed by atoms with Crippen molar-refractivity contribution in [2.75, 3.05) is 0 Å². The quantitative estimate of drug-likeness (QED) is 0.143. The van der Waals surface area contributed by atoms with Crippen LogP contribution in [0.5, 0.6) is 0 Å². The molecule has 1 aliphatic carbocycles. The SMILES string of the molecule is CC1(C)c2ccccc2-c2ccc(-c3ccc4c(c3)oc3nc(-n5c6ccccc6c6cc7ccccc7cc65)c(-c5ccccn5)nc34)cc21.c1ccc2cc3c(cc2c1)c1ccccc1n3-c1nc2c(nc1-c1ccc3c4ccccc4c4ccccc4c3c1)sc1ccccc12.c1ccc2cc3c(cc2c1)c1ccccc1n3-c1nc2c(nc1-c1cccc3c4ccccc4c4ccccc4c13)oc1ccccc12. The lowest BCUT2D eigenvalue weighted by Crippen LogP contribution is -2.14. The van der Waals surface area contributed by atoms with Gasteiger partial charge in [0.25, 0.3) is 0 Å². The maximum Gasteiger partial charge on any atom is 0.248 e. The largest absolute Gasteiger partial charge is 0.436 e. The van der Waals surface area contributed by atoms with Gasteiger partial charge in [0.2, 0.25) is 11.4 Å². The van der Waals surface area contributed by atoms with Gasteiger partial charge < -0.3 is 8.83 Å². The van der Waals surface area contributed by atoms with Crippen molar-refractivity contribution < 1.29 is 8.83 Å². The molecule has 0 amide bonds. The Morgan fingerprint density at radius 3 is 1.22 bits per heavy atom. The van der Waals surface area contributed by atoms with E-state index >= 15 is 0 Å². The number of thiophene rings is 1. The molecule has 0 saturated heterocycles. The van der Waals surface area contributed by atoms with Crippen LogP contribution in [0.4, 0.5) is 0 Å². The summed E-state index contributed by atoms with van der Waals surface area (Å²) in [6.07, 6.45) is 1.81. The van der Waals surface area contributed by atoms with Gasteiger partial charge in [-0.1, -0.05) is 347 Å². The number of benzene rings is 22. The molecule has 0 aliphatic heterocycles. The highest BCUT2D eigenvalue weighted by atomic mass is 32.1. The zero-order valence-electron chi connectivity index (χ0n) is 79.4. The third-order valence-electron chi connectivity index (χ3n) is 30.8. The molecule has 0 atom stereocenters. The summed E-state index contributed by atoms with van der Waals surface area (Å²) < 4.78 is 21.1. The minimum atomic E-state index is -0.0728. The monoisotopic (exact) mass is 1890 g/mol. The van der Waals surface area contributed by atoms with Crippen molar-refractivity contribution in [2.45, 2.75) is 19.3 Å². The number of fused-ring (bicyclic) bond motifs is 36. The van der Waals surface area contributed by atoms with Crippen LogP contribution < -0.4 is 0 Å². The first-order valence-electron chi connectivity index (χ1n) is 49.9. The molecule has 0 unspecified atom stereocenters. The fraction of sp³-hybridized carbons (Fsp3) is 0.0224. The lowest BCUT2D eigenvalue weighted by Gasteiger charge is -2.22. The number of hydrogen-bond acceptors (Lipinski definition) is 10. The number of para-hydroxylation sites is 4. The molecule has 10 aromatic heterocycles. The summed E-state index contributed by atoms with van der Waals surface area (Å²) >= 11 is 1.71. The van der Waals surface area contributed by atoms with E-state index in [0.717, 1.165) is 154 Å². The van der Waals surface area contributed by atoms with E-state index in [1.54, 1.807) is 17.5 Å². The Labute approximate surface area is 842 Å². The lowest BCUT2D eigenvalue weighted by atomic mass is 9.81. The Morgan fingerprint density at radius 1 is 0.231 bits per heavy atom. The molecule has 0 spiro atoms. The van der Waals surface area contributed by atoms with Crippen molar-refractivity contribution in [3.05, 3.63) is 460 Å². The molecular weight excluding hydrogens is 1810 g/mol. The summed E-state index contributed by atoms with van der Waals surface area (Å²) in [4.78, 5) is 38.3. The fourth-order valence-corrected chi connectivity index (χ4v) is 25.0. The second-order valence-electron chi connectivity index (χ2n) is 39.2. The van der Waals surface area contributed by atoms with Crippen LogP contribution in [-0.4, -0.2) is 48.6 Å². The number of pyridine rings is 1. The number of rotatable bonds is 7. The topological polar surface area (TPSA) is 131 Å². The molecule has 0 fully saturated rings. The molecule has 0 saturated carbocycles. The molecule has 10 heterocycles. The molecule has 0 N–H and O–H groups in total. The van der Waals surface area contributed by atoms with Crippen molar-refractivity contribution in [2.24, 2.45) is 0 Å². The zero-order valence-corrected chi connectivity index (χ0v) is 80.2. The molecule has 1 aliphatic rings. The van der Waals surface area contributed by atoms with Gasteiger partial charge >= 0.3 is 0 Å². The summed E-state index contributed by atoms with van der Waals surface area (Å²) in [6.45, 7) is 4.63. The van der Waals surface area contributed by atoms with E-state index in [1.807, 2.05) is 36.4 Å². The van der Waals surface area contributed by atoms with E-state index in [4.69, 9.17) is 43.7 Å². The summed E-state index contributed by atoms with van der Waals surface area (Å²) in [5, 5.41) is 32.0. The van der Waals surface area contributed by atoms with E-state index in [0.29, 0.717) is 22.9 Å². The predicted molar refractivity (Wildman–Crippen MR) is 611 cm³/mol. The number of hydrogen-bond donors (Lipinski definition) is 0. The fourth-order valence-electron chi connectivity index (χ4n) is 24.0. The average Bonchev–Trinajstić information content (AvgIpc) is 1.57. The van der Waals surface area contributed by atoms with E-state index in [2.05, 4.69) is 434 Å². The third-order valence-corrected chi connectivity index (χ3v) is 31.9. The van der Waals surface area contributed by atoms with Crippen molar-refractivity contribution >= 4 is 239 Å². The lowest BCUT2D eigenvalue weighted by molar-refractivity contribution is 0.652. The van der Waals surface area contributed by atoms with Gasteiger partial charge in [-0.25, -0.2) is 24.9 Å². The van der Waals surface area contributed by atoms with E-state index in [9.17, 15) is 0 Å². The van der Waals surface area contributed by atoms with Crippen LogP contribution in [0.3, 0.4) is 0 Å². The molecule has 22 aromatic carbocycles. The molecule has 32 aromatic rings. The maximum absolute atomic E-state index is 6.62. The molecule has 33 rings (SSSR count). The van der Waals surface area contributed by atoms with Crippen LogP contribution in [0.15, 0.2) is 458 Å². The van der Waals surface area contributed by atoms with Gasteiger partial charge in [-0.3, -0.25) is 18.7 Å². The van der Waals surface area contributed by atoms with Crippen molar-refractivity contribution in [3.63, 3.8) is 0 Å². The molecule has 12 nitrogen and oxygen atoms in total. The van der Waals surface area contributed by atoms with Crippen LogP contribution in [0.1, 0.15) is 25.0 Å². The normalized spacial score (nSPS) is 12.6.